The van der Waals surface area contributed by atoms with Crippen molar-refractivity contribution in [3.05, 3.63) is 51.3 Å². The first-order valence-corrected chi connectivity index (χ1v) is 8.63. The molecule has 1 aromatic heterocycles. The molecule has 1 amide bonds. The number of ether oxygens (including phenoxy) is 1. The van der Waals surface area contributed by atoms with Crippen LogP contribution in [-0.4, -0.2) is 22.5 Å². The number of aryl methyl sites for hydroxylation is 1. The fraction of sp³-hybridized carbons (Fsp3) is 0.333. The molecule has 0 saturated heterocycles. The summed E-state index contributed by atoms with van der Waals surface area (Å²) in [6.07, 6.45) is -0.969. The zero-order valence-electron chi connectivity index (χ0n) is 14.5. The van der Waals surface area contributed by atoms with Gasteiger partial charge in [0.05, 0.1) is 16.3 Å². The minimum Gasteiger partial charge on any atom is -0.449 e. The summed E-state index contributed by atoms with van der Waals surface area (Å²) in [6.45, 7) is 8.05. The first kappa shape index (κ1) is 19.3. The number of carbonyl (C=O) groups excluding carboxylic acids is 2. The lowest BCUT2D eigenvalue weighted by Gasteiger charge is -2.14. The summed E-state index contributed by atoms with van der Waals surface area (Å²) in [6, 6.07) is 6.49. The third kappa shape index (κ3) is 4.35. The van der Waals surface area contributed by atoms with Crippen LogP contribution in [-0.2, 0) is 16.1 Å². The highest BCUT2D eigenvalue weighted by molar-refractivity contribution is 6.36. The van der Waals surface area contributed by atoms with Crippen LogP contribution < -0.4 is 5.32 Å². The molecule has 7 heteroatoms. The smallest absolute Gasteiger partial charge is 0.340 e. The molecule has 2 aromatic rings. The zero-order chi connectivity index (χ0) is 18.7. The monoisotopic (exact) mass is 382 g/mol. The molecule has 0 spiro atoms. The lowest BCUT2D eigenvalue weighted by atomic mass is 10.2. The normalized spacial score (nSPS) is 11.9. The second kappa shape index (κ2) is 7.93. The van der Waals surface area contributed by atoms with Crippen LogP contribution in [0, 0.1) is 13.8 Å². The molecule has 0 aliphatic carbocycles. The van der Waals surface area contributed by atoms with E-state index in [1.54, 1.807) is 18.2 Å². The van der Waals surface area contributed by atoms with Crippen LogP contribution in [0.2, 0.25) is 10.0 Å². The summed E-state index contributed by atoms with van der Waals surface area (Å²) in [5.41, 5.74) is 2.65. The largest absolute Gasteiger partial charge is 0.449 e. The van der Waals surface area contributed by atoms with E-state index in [9.17, 15) is 9.59 Å². The van der Waals surface area contributed by atoms with E-state index < -0.39 is 18.0 Å². The molecule has 2 rings (SSSR count). The van der Waals surface area contributed by atoms with Gasteiger partial charge in [-0.2, -0.15) is 0 Å². The molecular weight excluding hydrogens is 363 g/mol. The molecule has 0 aliphatic heterocycles. The summed E-state index contributed by atoms with van der Waals surface area (Å²) in [4.78, 5) is 24.6. The Hall–Kier alpha value is -1.98. The SMILES string of the molecule is CCn1c(C)cc(C(=O)O[C@@H](C)C(=O)Nc2ccc(Cl)cc2Cl)c1C. The van der Waals surface area contributed by atoms with E-state index in [2.05, 4.69) is 5.32 Å². The van der Waals surface area contributed by atoms with Gasteiger partial charge in [0.2, 0.25) is 0 Å². The van der Waals surface area contributed by atoms with Crippen LogP contribution in [0.1, 0.15) is 35.6 Å². The van der Waals surface area contributed by atoms with Gasteiger partial charge in [0.1, 0.15) is 0 Å². The Morgan fingerprint density at radius 2 is 1.92 bits per heavy atom. The van der Waals surface area contributed by atoms with Gasteiger partial charge in [0.15, 0.2) is 6.10 Å². The number of rotatable bonds is 5. The van der Waals surface area contributed by atoms with Gasteiger partial charge < -0.3 is 14.6 Å². The van der Waals surface area contributed by atoms with Gasteiger partial charge >= 0.3 is 5.97 Å². The second-order valence-corrected chi connectivity index (χ2v) is 6.53. The minimum absolute atomic E-state index is 0.311. The third-order valence-electron chi connectivity index (χ3n) is 3.95. The number of halogens is 2. The summed E-state index contributed by atoms with van der Waals surface area (Å²) in [5.74, 6) is -1.00. The third-order valence-corrected chi connectivity index (χ3v) is 4.50. The molecule has 1 atom stereocenters. The number of nitrogens with one attached hydrogen (secondary N) is 1. The summed E-state index contributed by atoms with van der Waals surface area (Å²) in [7, 11) is 0. The summed E-state index contributed by atoms with van der Waals surface area (Å²) >= 11 is 11.9. The Kier molecular flexibility index (Phi) is 6.14. The van der Waals surface area contributed by atoms with E-state index in [4.69, 9.17) is 27.9 Å². The lowest BCUT2D eigenvalue weighted by molar-refractivity contribution is -0.123. The van der Waals surface area contributed by atoms with Crippen LogP contribution >= 0.6 is 23.2 Å². The quantitative estimate of drug-likeness (QED) is 0.767. The molecule has 1 N–H and O–H groups in total. The van der Waals surface area contributed by atoms with Crippen molar-refractivity contribution in [1.29, 1.82) is 0 Å². The molecule has 134 valence electrons. The van der Waals surface area contributed by atoms with Crippen molar-refractivity contribution in [2.75, 3.05) is 5.32 Å². The average molecular weight is 383 g/mol. The van der Waals surface area contributed by atoms with Crippen LogP contribution in [0.15, 0.2) is 24.3 Å². The van der Waals surface area contributed by atoms with Gasteiger partial charge in [0.25, 0.3) is 5.91 Å². The maximum Gasteiger partial charge on any atom is 0.340 e. The van der Waals surface area contributed by atoms with Gasteiger partial charge in [0, 0.05) is 23.0 Å². The number of amides is 1. The molecule has 0 unspecified atom stereocenters. The molecule has 25 heavy (non-hydrogen) atoms. The molecule has 1 aromatic carbocycles. The van der Waals surface area contributed by atoms with Crippen molar-refractivity contribution in [2.45, 2.75) is 40.3 Å². The summed E-state index contributed by atoms with van der Waals surface area (Å²) < 4.78 is 7.30. The van der Waals surface area contributed by atoms with E-state index in [-0.39, 0.29) is 0 Å². The van der Waals surface area contributed by atoms with Gasteiger partial charge in [-0.05, 0) is 52.0 Å². The Morgan fingerprint density at radius 3 is 2.48 bits per heavy atom. The maximum absolute atomic E-state index is 12.4. The van der Waals surface area contributed by atoms with Gasteiger partial charge in [-0.3, -0.25) is 4.79 Å². The van der Waals surface area contributed by atoms with E-state index in [1.807, 2.05) is 25.3 Å². The van der Waals surface area contributed by atoms with Gasteiger partial charge in [-0.25, -0.2) is 4.79 Å². The number of aromatic nitrogens is 1. The van der Waals surface area contributed by atoms with Crippen molar-refractivity contribution >= 4 is 40.8 Å². The van der Waals surface area contributed by atoms with Crippen molar-refractivity contribution in [3.8, 4) is 0 Å². The van der Waals surface area contributed by atoms with Crippen LogP contribution in [0.25, 0.3) is 0 Å². The van der Waals surface area contributed by atoms with Gasteiger partial charge in [-0.1, -0.05) is 23.2 Å². The highest BCUT2D eigenvalue weighted by Gasteiger charge is 2.22. The molecule has 5 nitrogen and oxygen atoms in total. The minimum atomic E-state index is -0.969. The van der Waals surface area contributed by atoms with Crippen LogP contribution in [0.4, 0.5) is 5.69 Å². The Balaban J connectivity index is 2.07. The zero-order valence-corrected chi connectivity index (χ0v) is 16.0. The number of carbonyl (C=O) groups is 2. The van der Waals surface area contributed by atoms with Crippen molar-refractivity contribution in [1.82, 2.24) is 4.57 Å². The molecule has 0 fully saturated rings. The number of benzene rings is 1. The number of hydrogen-bond donors (Lipinski definition) is 1. The van der Waals surface area contributed by atoms with E-state index in [1.165, 1.54) is 13.0 Å². The predicted octanol–water partition coefficient (Wildman–Crippen LogP) is 4.62. The van der Waals surface area contributed by atoms with E-state index >= 15 is 0 Å². The maximum atomic E-state index is 12.4. The second-order valence-electron chi connectivity index (χ2n) is 5.69. The molecular formula is C18H20Cl2N2O3. The summed E-state index contributed by atoms with van der Waals surface area (Å²) in [5, 5.41) is 3.40. The Labute approximate surface area is 156 Å². The standard InChI is InChI=1S/C18H20Cl2N2O3/c1-5-22-10(2)8-14(11(22)3)18(24)25-12(4)17(23)21-16-7-6-13(19)9-15(16)20/h6-9,12H,5H2,1-4H3,(H,21,23)/t12-/m0/s1. The Bertz CT molecular complexity index is 815. The lowest BCUT2D eigenvalue weighted by Crippen LogP contribution is -2.30. The van der Waals surface area contributed by atoms with Crippen LogP contribution in [0.5, 0.6) is 0 Å². The predicted molar refractivity (Wildman–Crippen MR) is 99.5 cm³/mol. The van der Waals surface area contributed by atoms with Crippen LogP contribution in [0.3, 0.4) is 0 Å². The first-order chi connectivity index (χ1) is 11.7. The fourth-order valence-electron chi connectivity index (χ4n) is 2.60. The number of hydrogen-bond acceptors (Lipinski definition) is 3. The molecule has 0 radical (unpaired) electrons. The molecule has 0 bridgehead atoms. The highest BCUT2D eigenvalue weighted by atomic mass is 35.5. The van der Waals surface area contributed by atoms with E-state index in [0.29, 0.717) is 21.3 Å². The van der Waals surface area contributed by atoms with E-state index in [0.717, 1.165) is 17.9 Å². The number of anilines is 1. The fourth-order valence-corrected chi connectivity index (χ4v) is 3.05. The molecule has 0 aliphatic rings. The highest BCUT2D eigenvalue weighted by Crippen LogP contribution is 2.25. The van der Waals surface area contributed by atoms with Crippen molar-refractivity contribution < 1.29 is 14.3 Å². The topological polar surface area (TPSA) is 60.3 Å². The Morgan fingerprint density at radius 1 is 1.24 bits per heavy atom. The first-order valence-electron chi connectivity index (χ1n) is 7.88. The average Bonchev–Trinajstić information content (AvgIpc) is 2.84. The number of nitrogens with zero attached hydrogens (tertiary/aromatic N) is 1. The molecule has 1 heterocycles. The van der Waals surface area contributed by atoms with Gasteiger partial charge in [-0.15, -0.1) is 0 Å². The molecule has 0 saturated carbocycles. The number of esters is 1. The van der Waals surface area contributed by atoms with Crippen molar-refractivity contribution in [3.63, 3.8) is 0 Å². The van der Waals surface area contributed by atoms with Crippen molar-refractivity contribution in [2.24, 2.45) is 0 Å².